The molecule has 0 atom stereocenters. The van der Waals surface area contributed by atoms with E-state index in [4.69, 9.17) is 0 Å². The molecule has 0 saturated heterocycles. The maximum absolute atomic E-state index is 2.32. The highest BCUT2D eigenvalue weighted by atomic mass is 32.1. The van der Waals surface area contributed by atoms with Crippen molar-refractivity contribution in [3.8, 4) is 22.3 Å². The van der Waals surface area contributed by atoms with Gasteiger partial charge in [0.2, 0.25) is 0 Å². The molecule has 38 heavy (non-hydrogen) atoms. The Bertz CT molecular complexity index is 1740. The molecule has 0 bridgehead atoms. The number of hydrogen-bond acceptors (Lipinski definition) is 1. The average molecular weight is 503 g/mol. The molecule has 0 N–H and O–H groups in total. The highest BCUT2D eigenvalue weighted by Gasteiger charge is 2.21. The molecule has 0 radical (unpaired) electrons. The van der Waals surface area contributed by atoms with E-state index in [-0.39, 0.29) is 5.92 Å². The molecule has 0 spiro atoms. The molecule has 180 valence electrons. The molecular weight excluding hydrogens is 476 g/mol. The van der Waals surface area contributed by atoms with Crippen LogP contribution in [0.15, 0.2) is 152 Å². The van der Waals surface area contributed by atoms with Crippen molar-refractivity contribution < 1.29 is 0 Å². The first kappa shape index (κ1) is 22.7. The van der Waals surface area contributed by atoms with Gasteiger partial charge in [-0.2, -0.15) is 0 Å². The van der Waals surface area contributed by atoms with E-state index >= 15 is 0 Å². The molecule has 0 nitrogen and oxygen atoms in total. The summed E-state index contributed by atoms with van der Waals surface area (Å²) in [6.07, 6.45) is 0. The molecule has 7 aromatic rings. The molecule has 0 saturated carbocycles. The summed E-state index contributed by atoms with van der Waals surface area (Å²) in [6, 6.07) is 55.1. The summed E-state index contributed by atoms with van der Waals surface area (Å²) in [5.74, 6) is 0.131. The predicted molar refractivity (Wildman–Crippen MR) is 164 cm³/mol. The summed E-state index contributed by atoms with van der Waals surface area (Å²) < 4.78 is 2.68. The third-order valence-electron chi connectivity index (χ3n) is 7.45. The van der Waals surface area contributed by atoms with Gasteiger partial charge in [-0.3, -0.25) is 0 Å². The van der Waals surface area contributed by atoms with Crippen LogP contribution in [0.2, 0.25) is 0 Å². The molecular formula is C37H26S. The Kier molecular flexibility index (Phi) is 5.84. The van der Waals surface area contributed by atoms with E-state index in [1.165, 1.54) is 59.1 Å². The highest BCUT2D eigenvalue weighted by Crippen LogP contribution is 2.43. The average Bonchev–Trinajstić information content (AvgIpc) is 3.38. The number of fused-ring (bicyclic) bond motifs is 3. The number of benzene rings is 6. The van der Waals surface area contributed by atoms with Crippen LogP contribution in [0.1, 0.15) is 22.6 Å². The highest BCUT2D eigenvalue weighted by molar-refractivity contribution is 7.25. The van der Waals surface area contributed by atoms with Crippen LogP contribution in [0.4, 0.5) is 0 Å². The van der Waals surface area contributed by atoms with E-state index < -0.39 is 0 Å². The van der Waals surface area contributed by atoms with Crippen molar-refractivity contribution >= 4 is 31.5 Å². The molecule has 0 aliphatic heterocycles. The maximum Gasteiger partial charge on any atom is 0.0358 e. The SMILES string of the molecule is c1ccc(-c2ccc(C(c3ccc(-c4ccccc4)cc3)c3cccc4sc5ccccc5c34)cc2)cc1. The molecule has 0 aliphatic rings. The first-order valence-corrected chi connectivity index (χ1v) is 13.9. The molecule has 0 aliphatic carbocycles. The number of thiophene rings is 1. The van der Waals surface area contributed by atoms with Gasteiger partial charge in [-0.1, -0.05) is 140 Å². The zero-order valence-electron chi connectivity index (χ0n) is 20.9. The van der Waals surface area contributed by atoms with Gasteiger partial charge in [-0.15, -0.1) is 11.3 Å². The smallest absolute Gasteiger partial charge is 0.0358 e. The van der Waals surface area contributed by atoms with Gasteiger partial charge in [-0.05, 0) is 51.1 Å². The number of rotatable bonds is 5. The Morgan fingerprint density at radius 2 is 0.842 bits per heavy atom. The zero-order chi connectivity index (χ0) is 25.3. The van der Waals surface area contributed by atoms with E-state index in [1.54, 1.807) is 0 Å². The van der Waals surface area contributed by atoms with E-state index in [0.717, 1.165) is 0 Å². The molecule has 0 amide bonds. The van der Waals surface area contributed by atoms with Gasteiger partial charge in [0, 0.05) is 26.1 Å². The summed E-state index contributed by atoms with van der Waals surface area (Å²) in [5, 5.41) is 2.72. The van der Waals surface area contributed by atoms with Gasteiger partial charge in [0.25, 0.3) is 0 Å². The largest absolute Gasteiger partial charge is 0.135 e. The van der Waals surface area contributed by atoms with E-state index in [9.17, 15) is 0 Å². The van der Waals surface area contributed by atoms with Crippen molar-refractivity contribution in [1.82, 2.24) is 0 Å². The topological polar surface area (TPSA) is 0 Å². The first-order valence-electron chi connectivity index (χ1n) is 13.1. The molecule has 1 aromatic heterocycles. The molecule has 0 unspecified atom stereocenters. The lowest BCUT2D eigenvalue weighted by molar-refractivity contribution is 0.991. The van der Waals surface area contributed by atoms with Gasteiger partial charge < -0.3 is 0 Å². The fourth-order valence-electron chi connectivity index (χ4n) is 5.59. The fourth-order valence-corrected chi connectivity index (χ4v) is 6.73. The lowest BCUT2D eigenvalue weighted by atomic mass is 9.82. The van der Waals surface area contributed by atoms with Crippen molar-refractivity contribution in [2.45, 2.75) is 5.92 Å². The summed E-state index contributed by atoms with van der Waals surface area (Å²) in [5.41, 5.74) is 8.95. The van der Waals surface area contributed by atoms with Gasteiger partial charge in [0.1, 0.15) is 0 Å². The van der Waals surface area contributed by atoms with Crippen LogP contribution in [0.3, 0.4) is 0 Å². The van der Waals surface area contributed by atoms with Crippen LogP contribution < -0.4 is 0 Å². The fraction of sp³-hybridized carbons (Fsp3) is 0.0270. The van der Waals surface area contributed by atoms with Crippen LogP contribution in [0.25, 0.3) is 42.4 Å². The Labute approximate surface area is 227 Å². The summed E-state index contributed by atoms with van der Waals surface area (Å²) >= 11 is 1.88. The van der Waals surface area contributed by atoms with Crippen molar-refractivity contribution in [3.05, 3.63) is 168 Å². The lowest BCUT2D eigenvalue weighted by Gasteiger charge is -2.21. The van der Waals surface area contributed by atoms with Crippen LogP contribution >= 0.6 is 11.3 Å². The Hall–Kier alpha value is -4.46. The summed E-state index contributed by atoms with van der Waals surface area (Å²) in [7, 11) is 0. The second kappa shape index (κ2) is 9.78. The minimum Gasteiger partial charge on any atom is -0.135 e. The lowest BCUT2D eigenvalue weighted by Crippen LogP contribution is -2.04. The monoisotopic (exact) mass is 502 g/mol. The Morgan fingerprint density at radius 1 is 0.368 bits per heavy atom. The second-order valence-corrected chi connectivity index (χ2v) is 10.8. The standard InChI is InChI=1S/C37H26S/c1-3-10-26(11-4-1)28-18-22-30(23-19-28)36(31-24-20-29(21-25-31)27-12-5-2-6-13-27)33-15-9-17-35-37(33)32-14-7-8-16-34(32)38-35/h1-25,36H. The van der Waals surface area contributed by atoms with Crippen LogP contribution in [0.5, 0.6) is 0 Å². The van der Waals surface area contributed by atoms with Crippen LogP contribution in [-0.4, -0.2) is 0 Å². The molecule has 7 rings (SSSR count). The van der Waals surface area contributed by atoms with Crippen LogP contribution in [0, 0.1) is 0 Å². The van der Waals surface area contributed by atoms with Crippen molar-refractivity contribution in [1.29, 1.82) is 0 Å². The minimum atomic E-state index is 0.131. The first-order chi connectivity index (χ1) is 18.8. The predicted octanol–water partition coefficient (Wildman–Crippen LogP) is 10.6. The molecule has 6 aromatic carbocycles. The van der Waals surface area contributed by atoms with E-state index in [2.05, 4.69) is 152 Å². The Balaban J connectivity index is 1.40. The van der Waals surface area contributed by atoms with Crippen molar-refractivity contribution in [3.63, 3.8) is 0 Å². The van der Waals surface area contributed by atoms with Gasteiger partial charge in [-0.25, -0.2) is 0 Å². The minimum absolute atomic E-state index is 0.131. The van der Waals surface area contributed by atoms with Crippen LogP contribution in [-0.2, 0) is 0 Å². The third-order valence-corrected chi connectivity index (χ3v) is 8.58. The van der Waals surface area contributed by atoms with E-state index in [1.807, 2.05) is 11.3 Å². The van der Waals surface area contributed by atoms with E-state index in [0.29, 0.717) is 0 Å². The third kappa shape index (κ3) is 4.12. The normalized spacial score (nSPS) is 11.4. The summed E-state index contributed by atoms with van der Waals surface area (Å²) in [6.45, 7) is 0. The molecule has 0 fully saturated rings. The zero-order valence-corrected chi connectivity index (χ0v) is 21.7. The van der Waals surface area contributed by atoms with Gasteiger partial charge in [0.15, 0.2) is 0 Å². The van der Waals surface area contributed by atoms with Gasteiger partial charge in [0.05, 0.1) is 0 Å². The molecule has 1 heteroatoms. The summed E-state index contributed by atoms with van der Waals surface area (Å²) in [4.78, 5) is 0. The van der Waals surface area contributed by atoms with Crippen molar-refractivity contribution in [2.75, 3.05) is 0 Å². The second-order valence-electron chi connectivity index (χ2n) is 9.73. The maximum atomic E-state index is 2.32. The van der Waals surface area contributed by atoms with Crippen molar-refractivity contribution in [2.24, 2.45) is 0 Å². The molecule has 1 heterocycles. The Morgan fingerprint density at radius 3 is 1.42 bits per heavy atom. The quantitative estimate of drug-likeness (QED) is 0.205. The van der Waals surface area contributed by atoms with Gasteiger partial charge >= 0.3 is 0 Å². The number of hydrogen-bond donors (Lipinski definition) is 0.